The number of amides is 1. The van der Waals surface area contributed by atoms with Gasteiger partial charge in [0.05, 0.1) is 0 Å². The lowest BCUT2D eigenvalue weighted by molar-refractivity contribution is 0.0952. The van der Waals surface area contributed by atoms with Crippen molar-refractivity contribution in [3.8, 4) is 0 Å². The molecule has 74 valence electrons. The van der Waals surface area contributed by atoms with Gasteiger partial charge in [0.15, 0.2) is 0 Å². The lowest BCUT2D eigenvalue weighted by Crippen LogP contribution is -2.24. The predicted molar refractivity (Wildman–Crippen MR) is 53.9 cm³/mol. The van der Waals surface area contributed by atoms with Gasteiger partial charge < -0.3 is 5.32 Å². The Hall–Kier alpha value is -1.71. The fourth-order valence-corrected chi connectivity index (χ4v) is 0.939. The van der Waals surface area contributed by atoms with Crippen molar-refractivity contribution in [3.05, 3.63) is 35.9 Å². The maximum Gasteiger partial charge on any atom is 0.270 e. The number of rotatable bonds is 3. The number of aromatic nitrogens is 2. The molecule has 0 aromatic carbocycles. The molecule has 4 nitrogen and oxygen atoms in total. The quantitative estimate of drug-likeness (QED) is 0.728. The molecule has 0 radical (unpaired) electrons. The van der Waals surface area contributed by atoms with Crippen LogP contribution in [0.3, 0.4) is 0 Å². The molecule has 0 aliphatic rings. The van der Waals surface area contributed by atoms with E-state index < -0.39 is 0 Å². The first-order chi connectivity index (χ1) is 6.74. The minimum atomic E-state index is -0.173. The number of nitrogens with one attached hydrogen (secondary N) is 1. The second-order valence-electron chi connectivity index (χ2n) is 2.82. The van der Waals surface area contributed by atoms with Crippen LogP contribution in [-0.2, 0) is 0 Å². The summed E-state index contributed by atoms with van der Waals surface area (Å²) in [5.41, 5.74) is 1.19. The van der Waals surface area contributed by atoms with E-state index in [1.54, 1.807) is 6.07 Å². The van der Waals surface area contributed by atoms with Gasteiger partial charge in [-0.3, -0.25) is 4.79 Å². The van der Waals surface area contributed by atoms with Crippen LogP contribution in [0.2, 0.25) is 0 Å². The molecule has 0 atom stereocenters. The summed E-state index contributed by atoms with van der Waals surface area (Å²) in [6.45, 7) is 4.25. The predicted octanol–water partition coefficient (Wildman–Crippen LogP) is 1.09. The third kappa shape index (κ3) is 2.97. The van der Waals surface area contributed by atoms with Crippen LogP contribution in [0, 0.1) is 6.92 Å². The van der Waals surface area contributed by atoms with Crippen LogP contribution in [0.25, 0.3) is 0 Å². The van der Waals surface area contributed by atoms with Crippen molar-refractivity contribution in [1.82, 2.24) is 15.3 Å². The average molecular weight is 191 g/mol. The number of carbonyl (C=O) groups is 1. The van der Waals surface area contributed by atoms with E-state index in [4.69, 9.17) is 0 Å². The van der Waals surface area contributed by atoms with Crippen molar-refractivity contribution in [1.29, 1.82) is 0 Å². The van der Waals surface area contributed by atoms with Gasteiger partial charge in [0.2, 0.25) is 0 Å². The Labute approximate surface area is 83.1 Å². The van der Waals surface area contributed by atoms with E-state index in [1.807, 2.05) is 26.0 Å². The van der Waals surface area contributed by atoms with E-state index in [0.717, 1.165) is 5.69 Å². The SMILES string of the molecule is C/C=C/CNC(=O)c1cc(C)ncn1. The first-order valence-corrected chi connectivity index (χ1v) is 4.42. The second-order valence-corrected chi connectivity index (χ2v) is 2.82. The van der Waals surface area contributed by atoms with Gasteiger partial charge >= 0.3 is 0 Å². The number of aryl methyl sites for hydroxylation is 1. The third-order valence-corrected chi connectivity index (χ3v) is 1.65. The molecule has 0 bridgehead atoms. The van der Waals surface area contributed by atoms with E-state index in [-0.39, 0.29) is 5.91 Å². The van der Waals surface area contributed by atoms with Crippen molar-refractivity contribution in [2.24, 2.45) is 0 Å². The highest BCUT2D eigenvalue weighted by Crippen LogP contribution is 1.95. The van der Waals surface area contributed by atoms with Crippen molar-refractivity contribution in [2.45, 2.75) is 13.8 Å². The summed E-state index contributed by atoms with van der Waals surface area (Å²) < 4.78 is 0. The normalized spacial score (nSPS) is 10.4. The van der Waals surface area contributed by atoms with E-state index in [9.17, 15) is 4.79 Å². The van der Waals surface area contributed by atoms with Gasteiger partial charge in [-0.25, -0.2) is 9.97 Å². The smallest absolute Gasteiger partial charge is 0.270 e. The molecule has 0 fully saturated rings. The summed E-state index contributed by atoms with van der Waals surface area (Å²) in [6, 6.07) is 1.66. The molecule has 0 spiro atoms. The van der Waals surface area contributed by atoms with E-state index in [1.165, 1.54) is 6.33 Å². The molecule has 1 amide bonds. The monoisotopic (exact) mass is 191 g/mol. The Morgan fingerprint density at radius 2 is 2.36 bits per heavy atom. The van der Waals surface area contributed by atoms with Crippen LogP contribution >= 0.6 is 0 Å². The minimum Gasteiger partial charge on any atom is -0.347 e. The molecule has 1 aromatic heterocycles. The molecule has 0 saturated heterocycles. The zero-order valence-corrected chi connectivity index (χ0v) is 8.32. The molecular formula is C10H13N3O. The summed E-state index contributed by atoms with van der Waals surface area (Å²) >= 11 is 0. The highest BCUT2D eigenvalue weighted by molar-refractivity contribution is 5.92. The van der Waals surface area contributed by atoms with Gasteiger partial charge in [-0.05, 0) is 19.9 Å². The molecule has 1 heterocycles. The van der Waals surface area contributed by atoms with Gasteiger partial charge in [-0.2, -0.15) is 0 Å². The maximum atomic E-state index is 11.4. The summed E-state index contributed by atoms with van der Waals surface area (Å²) in [4.78, 5) is 19.2. The van der Waals surface area contributed by atoms with Crippen LogP contribution in [0.15, 0.2) is 24.5 Å². The fourth-order valence-electron chi connectivity index (χ4n) is 0.939. The number of carbonyl (C=O) groups excluding carboxylic acids is 1. The lowest BCUT2D eigenvalue weighted by atomic mass is 10.3. The second kappa shape index (κ2) is 5.11. The number of hydrogen-bond donors (Lipinski definition) is 1. The highest BCUT2D eigenvalue weighted by Gasteiger charge is 2.04. The van der Waals surface area contributed by atoms with Gasteiger partial charge in [0.25, 0.3) is 5.91 Å². The first kappa shape index (κ1) is 10.4. The molecule has 0 aliphatic carbocycles. The van der Waals surface area contributed by atoms with Crippen LogP contribution < -0.4 is 5.32 Å². The molecule has 0 unspecified atom stereocenters. The largest absolute Gasteiger partial charge is 0.347 e. The Bertz CT molecular complexity index is 347. The summed E-state index contributed by atoms with van der Waals surface area (Å²) in [7, 11) is 0. The minimum absolute atomic E-state index is 0.173. The van der Waals surface area contributed by atoms with Crippen molar-refractivity contribution >= 4 is 5.91 Å². The van der Waals surface area contributed by atoms with Crippen molar-refractivity contribution in [3.63, 3.8) is 0 Å². The molecule has 1 aromatic rings. The van der Waals surface area contributed by atoms with Crippen molar-refractivity contribution in [2.75, 3.05) is 6.54 Å². The van der Waals surface area contributed by atoms with Crippen LogP contribution in [0.5, 0.6) is 0 Å². The molecule has 1 rings (SSSR count). The van der Waals surface area contributed by atoms with Gasteiger partial charge in [-0.15, -0.1) is 0 Å². The fraction of sp³-hybridized carbons (Fsp3) is 0.300. The average Bonchev–Trinajstić information content (AvgIpc) is 2.18. The molecular weight excluding hydrogens is 178 g/mol. The Balaban J connectivity index is 2.60. The summed E-state index contributed by atoms with van der Waals surface area (Å²) in [5.74, 6) is -0.173. The lowest BCUT2D eigenvalue weighted by Gasteiger charge is -2.01. The Morgan fingerprint density at radius 3 is 3.00 bits per heavy atom. The van der Waals surface area contributed by atoms with E-state index in [0.29, 0.717) is 12.2 Å². The van der Waals surface area contributed by atoms with E-state index in [2.05, 4.69) is 15.3 Å². The zero-order chi connectivity index (χ0) is 10.4. The highest BCUT2D eigenvalue weighted by atomic mass is 16.1. The topological polar surface area (TPSA) is 54.9 Å². The van der Waals surface area contributed by atoms with E-state index >= 15 is 0 Å². The Kier molecular flexibility index (Phi) is 3.79. The molecule has 1 N–H and O–H groups in total. The first-order valence-electron chi connectivity index (χ1n) is 4.42. The van der Waals surface area contributed by atoms with Crippen molar-refractivity contribution < 1.29 is 4.79 Å². The molecule has 4 heteroatoms. The van der Waals surface area contributed by atoms with Crippen LogP contribution in [0.4, 0.5) is 0 Å². The number of allylic oxidation sites excluding steroid dienone is 1. The molecule has 0 saturated carbocycles. The van der Waals surface area contributed by atoms with Gasteiger partial charge in [0.1, 0.15) is 12.0 Å². The number of nitrogens with zero attached hydrogens (tertiary/aromatic N) is 2. The molecule has 0 aliphatic heterocycles. The number of hydrogen-bond acceptors (Lipinski definition) is 3. The molecule has 14 heavy (non-hydrogen) atoms. The third-order valence-electron chi connectivity index (χ3n) is 1.65. The standard InChI is InChI=1S/C10H13N3O/c1-3-4-5-11-10(14)9-6-8(2)12-7-13-9/h3-4,6-7H,5H2,1-2H3,(H,11,14)/b4-3+. The van der Waals surface area contributed by atoms with Gasteiger partial charge in [0, 0.05) is 12.2 Å². The van der Waals surface area contributed by atoms with Crippen LogP contribution in [-0.4, -0.2) is 22.4 Å². The Morgan fingerprint density at radius 1 is 1.57 bits per heavy atom. The van der Waals surface area contributed by atoms with Gasteiger partial charge in [-0.1, -0.05) is 12.2 Å². The maximum absolute atomic E-state index is 11.4. The summed E-state index contributed by atoms with van der Waals surface area (Å²) in [5, 5.41) is 2.71. The van der Waals surface area contributed by atoms with Crippen LogP contribution in [0.1, 0.15) is 23.1 Å². The zero-order valence-electron chi connectivity index (χ0n) is 8.32. The summed E-state index contributed by atoms with van der Waals surface area (Å²) in [6.07, 6.45) is 5.14.